The number of nitrogens with one attached hydrogen (secondary N) is 1. The van der Waals surface area contributed by atoms with E-state index in [0.717, 1.165) is 11.1 Å². The van der Waals surface area contributed by atoms with Gasteiger partial charge < -0.3 is 34.2 Å². The Labute approximate surface area is 262 Å². The van der Waals surface area contributed by atoms with Crippen LogP contribution in [0.4, 0.5) is 5.82 Å². The van der Waals surface area contributed by atoms with E-state index in [1.54, 1.807) is 54.7 Å². The Morgan fingerprint density at radius 3 is 2.49 bits per heavy atom. The Kier molecular flexibility index (Phi) is 9.72. The number of nitrogens with zero attached hydrogens (tertiary/aromatic N) is 2. The van der Waals surface area contributed by atoms with Crippen LogP contribution in [0, 0.1) is 0 Å². The summed E-state index contributed by atoms with van der Waals surface area (Å²) in [4.78, 5) is 32.8. The molecular formula is C29H23ClN3NaO7. The third-order valence-electron chi connectivity index (χ3n) is 6.29. The number of rotatable bonds is 8. The van der Waals surface area contributed by atoms with E-state index in [1.165, 1.54) is 20.3 Å². The maximum atomic E-state index is 12.8. The molecule has 2 aromatic heterocycles. The zero-order valence-electron chi connectivity index (χ0n) is 22.5. The monoisotopic (exact) mass is 583 g/mol. The summed E-state index contributed by atoms with van der Waals surface area (Å²) in [6, 6.07) is 16.5. The van der Waals surface area contributed by atoms with Gasteiger partial charge in [0.15, 0.2) is 0 Å². The number of carboxylic acid groups (broad SMARTS) is 1. The van der Waals surface area contributed by atoms with Crippen molar-refractivity contribution < 1.29 is 63.2 Å². The summed E-state index contributed by atoms with van der Waals surface area (Å²) < 4.78 is 21.9. The second kappa shape index (κ2) is 13.2. The maximum absolute atomic E-state index is 12.8. The first-order valence-electron chi connectivity index (χ1n) is 12.2. The molecule has 5 rings (SSSR count). The van der Waals surface area contributed by atoms with Gasteiger partial charge in [-0.15, -0.1) is 0 Å². The minimum Gasteiger partial charge on any atom is -0.549 e. The summed E-state index contributed by atoms with van der Waals surface area (Å²) in [5, 5.41) is 14.4. The molecule has 12 heteroatoms. The number of benzene rings is 2. The standard InChI is InChI=1S/C29H24ClN3O7.Na/c1-37-26-10-8-19(28(33-26)38-2)17-5-9-25(31-15-17)32-27(34)16-3-6-18(7-4-16)40-24-14-23-21(13-22(24)30)20(29(35)36)11-12-39-23;/h3-10,13-15,20H,11-12H2,1-2H3,(H,35,36)(H,31,32,34);/q;+1/p-1. The second-order valence-electron chi connectivity index (χ2n) is 8.75. The van der Waals surface area contributed by atoms with Crippen molar-refractivity contribution in [1.29, 1.82) is 0 Å². The van der Waals surface area contributed by atoms with E-state index < -0.39 is 11.9 Å². The largest absolute Gasteiger partial charge is 1.00 e. The van der Waals surface area contributed by atoms with E-state index in [-0.39, 0.29) is 47.1 Å². The predicted molar refractivity (Wildman–Crippen MR) is 144 cm³/mol. The Balaban J connectivity index is 0.00000387. The van der Waals surface area contributed by atoms with Crippen molar-refractivity contribution in [2.75, 3.05) is 26.1 Å². The molecule has 0 fully saturated rings. The molecule has 1 amide bonds. The Hall–Kier alpha value is -3.83. The van der Waals surface area contributed by atoms with E-state index >= 15 is 0 Å². The van der Waals surface area contributed by atoms with Crippen LogP contribution in [0.3, 0.4) is 0 Å². The van der Waals surface area contributed by atoms with Crippen molar-refractivity contribution >= 4 is 29.3 Å². The van der Waals surface area contributed by atoms with Crippen molar-refractivity contribution in [3.05, 3.63) is 83.0 Å². The molecule has 1 aliphatic heterocycles. The third-order valence-corrected chi connectivity index (χ3v) is 6.58. The smallest absolute Gasteiger partial charge is 0.549 e. The second-order valence-corrected chi connectivity index (χ2v) is 9.16. The summed E-state index contributed by atoms with van der Waals surface area (Å²) in [7, 11) is 3.05. The molecule has 3 heterocycles. The zero-order valence-corrected chi connectivity index (χ0v) is 25.2. The molecule has 0 bridgehead atoms. The molecule has 0 radical (unpaired) electrons. The number of anilines is 1. The molecular weight excluding hydrogens is 561 g/mol. The van der Waals surface area contributed by atoms with Crippen LogP contribution in [0.25, 0.3) is 11.1 Å². The number of hydrogen-bond acceptors (Lipinski definition) is 9. The first-order valence-corrected chi connectivity index (χ1v) is 12.6. The average Bonchev–Trinajstić information content (AvgIpc) is 2.97. The first-order chi connectivity index (χ1) is 19.4. The Morgan fingerprint density at radius 2 is 1.83 bits per heavy atom. The van der Waals surface area contributed by atoms with Crippen LogP contribution in [0.5, 0.6) is 29.0 Å². The first kappa shape index (κ1) is 30.1. The Bertz CT molecular complexity index is 1570. The number of halogens is 1. The van der Waals surface area contributed by atoms with Crippen LogP contribution < -0.4 is 58.9 Å². The number of hydrogen-bond donors (Lipinski definition) is 1. The molecule has 0 spiro atoms. The molecule has 0 aliphatic carbocycles. The molecule has 1 atom stereocenters. The van der Waals surface area contributed by atoms with Gasteiger partial charge in [0, 0.05) is 52.5 Å². The van der Waals surface area contributed by atoms with Crippen LogP contribution in [0.1, 0.15) is 28.3 Å². The molecule has 4 aromatic rings. The number of ether oxygens (including phenoxy) is 4. The van der Waals surface area contributed by atoms with Gasteiger partial charge in [0.2, 0.25) is 11.8 Å². The molecule has 1 N–H and O–H groups in total. The van der Waals surface area contributed by atoms with Crippen LogP contribution in [0.15, 0.2) is 66.9 Å². The van der Waals surface area contributed by atoms with E-state index in [4.69, 9.17) is 30.5 Å². The van der Waals surface area contributed by atoms with Gasteiger partial charge in [-0.3, -0.25) is 4.79 Å². The number of aromatic nitrogens is 2. The number of carbonyl (C=O) groups excluding carboxylic acids is 2. The summed E-state index contributed by atoms with van der Waals surface area (Å²) in [5.74, 6) is -0.0262. The molecule has 0 saturated carbocycles. The Morgan fingerprint density at radius 1 is 1.05 bits per heavy atom. The maximum Gasteiger partial charge on any atom is 1.00 e. The molecule has 1 unspecified atom stereocenters. The van der Waals surface area contributed by atoms with Crippen molar-refractivity contribution in [1.82, 2.24) is 9.97 Å². The number of fused-ring (bicyclic) bond motifs is 1. The molecule has 0 saturated heterocycles. The number of aliphatic carboxylic acids is 1. The third kappa shape index (κ3) is 6.74. The minimum atomic E-state index is -1.18. The van der Waals surface area contributed by atoms with E-state index in [1.807, 2.05) is 6.07 Å². The fourth-order valence-electron chi connectivity index (χ4n) is 4.24. The summed E-state index contributed by atoms with van der Waals surface area (Å²) >= 11 is 6.35. The summed E-state index contributed by atoms with van der Waals surface area (Å²) in [6.45, 7) is 0.251. The SMILES string of the molecule is COc1ccc(-c2ccc(NC(=O)c3ccc(Oc4cc5c(cc4Cl)C(C(=O)[O-])CCO5)cc3)nc2)c(OC)n1.[Na+]. The van der Waals surface area contributed by atoms with Crippen LogP contribution in [-0.2, 0) is 4.79 Å². The van der Waals surface area contributed by atoms with Gasteiger partial charge in [-0.25, -0.2) is 4.98 Å². The molecule has 2 aromatic carbocycles. The van der Waals surface area contributed by atoms with Crippen molar-refractivity contribution in [2.45, 2.75) is 12.3 Å². The molecule has 41 heavy (non-hydrogen) atoms. The molecule has 204 valence electrons. The van der Waals surface area contributed by atoms with Gasteiger partial charge in [0.25, 0.3) is 5.91 Å². The molecule has 10 nitrogen and oxygen atoms in total. The van der Waals surface area contributed by atoms with Crippen molar-refractivity contribution in [2.24, 2.45) is 0 Å². The van der Waals surface area contributed by atoms with Crippen LogP contribution >= 0.6 is 11.6 Å². The van der Waals surface area contributed by atoms with Gasteiger partial charge in [-0.2, -0.15) is 4.98 Å². The van der Waals surface area contributed by atoms with Crippen molar-refractivity contribution in [3.8, 4) is 40.1 Å². The topological polar surface area (TPSA) is 132 Å². The van der Waals surface area contributed by atoms with E-state index in [2.05, 4.69) is 15.3 Å². The predicted octanol–water partition coefficient (Wildman–Crippen LogP) is 1.48. The fourth-order valence-corrected chi connectivity index (χ4v) is 4.45. The zero-order chi connectivity index (χ0) is 28.2. The number of carboxylic acids is 1. The number of amides is 1. The van der Waals surface area contributed by atoms with Crippen LogP contribution in [-0.4, -0.2) is 42.7 Å². The minimum absolute atomic E-state index is 0. The number of pyridine rings is 2. The van der Waals surface area contributed by atoms with Gasteiger partial charge in [-0.1, -0.05) is 11.6 Å². The van der Waals surface area contributed by atoms with Gasteiger partial charge in [0.1, 0.15) is 23.1 Å². The average molecular weight is 584 g/mol. The molecule has 1 aliphatic rings. The quantitative estimate of drug-likeness (QED) is 0.306. The van der Waals surface area contributed by atoms with E-state index in [9.17, 15) is 14.7 Å². The van der Waals surface area contributed by atoms with Crippen molar-refractivity contribution in [3.63, 3.8) is 0 Å². The summed E-state index contributed by atoms with van der Waals surface area (Å²) in [5.41, 5.74) is 2.33. The van der Waals surface area contributed by atoms with Crippen LogP contribution in [0.2, 0.25) is 5.02 Å². The van der Waals surface area contributed by atoms with Gasteiger partial charge in [0.05, 0.1) is 25.8 Å². The van der Waals surface area contributed by atoms with E-state index in [0.29, 0.717) is 52.4 Å². The summed E-state index contributed by atoms with van der Waals surface area (Å²) in [6.07, 6.45) is 1.92. The number of carbonyl (C=O) groups is 2. The van der Waals surface area contributed by atoms with Gasteiger partial charge in [-0.05, 0) is 55.0 Å². The van der Waals surface area contributed by atoms with Gasteiger partial charge >= 0.3 is 29.6 Å². The normalized spacial score (nSPS) is 13.6. The number of methoxy groups -OCH3 is 2. The fraction of sp³-hybridized carbons (Fsp3) is 0.172.